The van der Waals surface area contributed by atoms with Crippen molar-refractivity contribution in [2.45, 2.75) is 43.0 Å². The zero-order valence-electron chi connectivity index (χ0n) is 11.1. The van der Waals surface area contributed by atoms with Crippen LogP contribution in [0.25, 0.3) is 0 Å². The molecule has 1 aliphatic carbocycles. The van der Waals surface area contributed by atoms with Crippen molar-refractivity contribution in [2.24, 2.45) is 5.92 Å². The fraction of sp³-hybridized carbons (Fsp3) is 0.600. The molecule has 3 rings (SSSR count). The van der Waals surface area contributed by atoms with E-state index in [4.69, 9.17) is 0 Å². The molecule has 0 aromatic heterocycles. The minimum atomic E-state index is -3.05. The smallest absolute Gasteiger partial charge is 0.178 e. The molecule has 1 aliphatic heterocycles. The van der Waals surface area contributed by atoms with Crippen LogP contribution in [0.5, 0.6) is 0 Å². The number of hydrogen-bond acceptors (Lipinski definition) is 3. The average Bonchev–Trinajstić information content (AvgIpc) is 3.21. The minimum Gasteiger partial charge on any atom is -0.310 e. The molecule has 3 nitrogen and oxygen atoms in total. The van der Waals surface area contributed by atoms with Gasteiger partial charge in [0.1, 0.15) is 0 Å². The monoisotopic (exact) mass is 279 g/mol. The van der Waals surface area contributed by atoms with Crippen LogP contribution in [-0.4, -0.2) is 20.7 Å². The van der Waals surface area contributed by atoms with Crippen LogP contribution in [0, 0.1) is 5.92 Å². The van der Waals surface area contributed by atoms with E-state index in [-0.39, 0.29) is 11.8 Å². The average molecular weight is 279 g/mol. The standard InChI is InChI=1S/C15H21NO2S/c17-19(18)11-9-14(13-5-1-2-6-15(13)19)16-10-3-4-12-7-8-12/h1-2,5-6,12,14,16H,3-4,7-11H2. The fourth-order valence-electron chi connectivity index (χ4n) is 2.88. The van der Waals surface area contributed by atoms with E-state index in [9.17, 15) is 8.42 Å². The van der Waals surface area contributed by atoms with Gasteiger partial charge in [-0.15, -0.1) is 0 Å². The highest BCUT2D eigenvalue weighted by Crippen LogP contribution is 2.34. The third kappa shape index (κ3) is 3.00. The summed E-state index contributed by atoms with van der Waals surface area (Å²) in [7, 11) is -3.05. The first-order valence-electron chi connectivity index (χ1n) is 7.22. The van der Waals surface area contributed by atoms with Gasteiger partial charge in [0.25, 0.3) is 0 Å². The summed E-state index contributed by atoms with van der Waals surface area (Å²) in [5.74, 6) is 1.24. The lowest BCUT2D eigenvalue weighted by molar-refractivity contribution is 0.476. The van der Waals surface area contributed by atoms with E-state index in [2.05, 4.69) is 5.32 Å². The zero-order valence-corrected chi connectivity index (χ0v) is 12.0. The number of benzene rings is 1. The highest BCUT2D eigenvalue weighted by Gasteiger charge is 2.29. The molecule has 0 amide bonds. The van der Waals surface area contributed by atoms with E-state index >= 15 is 0 Å². The summed E-state index contributed by atoms with van der Waals surface area (Å²) >= 11 is 0. The number of fused-ring (bicyclic) bond motifs is 1. The fourth-order valence-corrected chi connectivity index (χ4v) is 4.50. The first kappa shape index (κ1) is 13.1. The second-order valence-corrected chi connectivity index (χ2v) is 7.82. The molecule has 1 atom stereocenters. The van der Waals surface area contributed by atoms with Gasteiger partial charge < -0.3 is 5.32 Å². The molecule has 104 valence electrons. The molecule has 1 aromatic carbocycles. The molecule has 4 heteroatoms. The SMILES string of the molecule is O=S1(=O)CCC(NCCCC2CC2)c2ccccc21. The predicted octanol–water partition coefficient (Wildman–Crippen LogP) is 2.68. The predicted molar refractivity (Wildman–Crippen MR) is 75.8 cm³/mol. The van der Waals surface area contributed by atoms with Crippen molar-refractivity contribution in [2.75, 3.05) is 12.3 Å². The van der Waals surface area contributed by atoms with Gasteiger partial charge in [-0.3, -0.25) is 0 Å². The Morgan fingerprint density at radius 2 is 1.95 bits per heavy atom. The van der Waals surface area contributed by atoms with Gasteiger partial charge in [0, 0.05) is 6.04 Å². The lowest BCUT2D eigenvalue weighted by Gasteiger charge is -2.26. The molecule has 1 heterocycles. The van der Waals surface area contributed by atoms with Gasteiger partial charge in [-0.2, -0.15) is 0 Å². The van der Waals surface area contributed by atoms with E-state index in [1.807, 2.05) is 18.2 Å². The van der Waals surface area contributed by atoms with E-state index < -0.39 is 9.84 Å². The molecule has 0 bridgehead atoms. The molecule has 0 radical (unpaired) electrons. The van der Waals surface area contributed by atoms with E-state index in [1.165, 1.54) is 25.7 Å². The van der Waals surface area contributed by atoms with Gasteiger partial charge >= 0.3 is 0 Å². The molecule has 0 saturated heterocycles. The Morgan fingerprint density at radius 1 is 1.16 bits per heavy atom. The van der Waals surface area contributed by atoms with Crippen LogP contribution in [0.4, 0.5) is 0 Å². The van der Waals surface area contributed by atoms with E-state index in [0.29, 0.717) is 11.3 Å². The van der Waals surface area contributed by atoms with Crippen LogP contribution >= 0.6 is 0 Å². The van der Waals surface area contributed by atoms with Crippen LogP contribution < -0.4 is 5.32 Å². The number of nitrogens with one attached hydrogen (secondary N) is 1. The highest BCUT2D eigenvalue weighted by molar-refractivity contribution is 7.91. The first-order chi connectivity index (χ1) is 9.17. The Bertz CT molecular complexity index is 549. The Hall–Kier alpha value is -0.870. The largest absolute Gasteiger partial charge is 0.310 e. The van der Waals surface area contributed by atoms with Crippen LogP contribution in [-0.2, 0) is 9.84 Å². The van der Waals surface area contributed by atoms with Crippen molar-refractivity contribution < 1.29 is 8.42 Å². The van der Waals surface area contributed by atoms with Gasteiger partial charge in [0.15, 0.2) is 9.84 Å². The van der Waals surface area contributed by atoms with Gasteiger partial charge in [0.05, 0.1) is 10.6 Å². The van der Waals surface area contributed by atoms with Gasteiger partial charge in [-0.25, -0.2) is 8.42 Å². The quantitative estimate of drug-likeness (QED) is 0.843. The van der Waals surface area contributed by atoms with Gasteiger partial charge in [-0.1, -0.05) is 31.0 Å². The van der Waals surface area contributed by atoms with Crippen LogP contribution in [0.1, 0.15) is 43.7 Å². The second kappa shape index (κ2) is 5.25. The van der Waals surface area contributed by atoms with Crippen molar-refractivity contribution in [3.05, 3.63) is 29.8 Å². The summed E-state index contributed by atoms with van der Waals surface area (Å²) in [6.45, 7) is 0.996. The van der Waals surface area contributed by atoms with Crippen molar-refractivity contribution in [3.8, 4) is 0 Å². The minimum absolute atomic E-state index is 0.207. The summed E-state index contributed by atoms with van der Waals surface area (Å²) in [5, 5.41) is 3.53. The molecule has 1 N–H and O–H groups in total. The summed E-state index contributed by atoms with van der Waals surface area (Å²) in [6, 6.07) is 7.64. The molecule has 2 aliphatic rings. The number of hydrogen-bond donors (Lipinski definition) is 1. The maximum absolute atomic E-state index is 12.0. The van der Waals surface area contributed by atoms with Crippen LogP contribution in [0.3, 0.4) is 0 Å². The molecule has 1 saturated carbocycles. The number of sulfone groups is 1. The Labute approximate surface area is 115 Å². The van der Waals surface area contributed by atoms with Crippen molar-refractivity contribution in [3.63, 3.8) is 0 Å². The van der Waals surface area contributed by atoms with Crippen molar-refractivity contribution in [1.82, 2.24) is 5.32 Å². The second-order valence-electron chi connectivity index (χ2n) is 5.74. The van der Waals surface area contributed by atoms with Crippen molar-refractivity contribution >= 4 is 9.84 Å². The molecular formula is C15H21NO2S. The third-order valence-electron chi connectivity index (χ3n) is 4.18. The molecular weight excluding hydrogens is 258 g/mol. The molecule has 1 aromatic rings. The van der Waals surface area contributed by atoms with E-state index in [1.54, 1.807) is 6.07 Å². The van der Waals surface area contributed by atoms with Gasteiger partial charge in [-0.05, 0) is 43.4 Å². The lowest BCUT2D eigenvalue weighted by atomic mass is 10.0. The maximum atomic E-state index is 12.0. The van der Waals surface area contributed by atoms with Crippen molar-refractivity contribution in [1.29, 1.82) is 0 Å². The molecule has 19 heavy (non-hydrogen) atoms. The summed E-state index contributed by atoms with van der Waals surface area (Å²) in [6.07, 6.45) is 6.04. The number of rotatable bonds is 5. The Morgan fingerprint density at radius 3 is 2.74 bits per heavy atom. The highest BCUT2D eigenvalue weighted by atomic mass is 32.2. The molecule has 0 spiro atoms. The normalized spacial score (nSPS) is 24.9. The van der Waals surface area contributed by atoms with Crippen LogP contribution in [0.2, 0.25) is 0 Å². The summed E-state index contributed by atoms with van der Waals surface area (Å²) in [5.41, 5.74) is 0.958. The Balaban J connectivity index is 1.66. The van der Waals surface area contributed by atoms with Crippen LogP contribution in [0.15, 0.2) is 29.2 Å². The third-order valence-corrected chi connectivity index (χ3v) is 6.00. The Kier molecular flexibility index (Phi) is 3.63. The summed E-state index contributed by atoms with van der Waals surface area (Å²) < 4.78 is 24.0. The molecule has 1 fully saturated rings. The maximum Gasteiger partial charge on any atom is 0.178 e. The topological polar surface area (TPSA) is 46.2 Å². The zero-order chi connectivity index (χ0) is 13.3. The lowest BCUT2D eigenvalue weighted by Crippen LogP contribution is -2.30. The van der Waals surface area contributed by atoms with E-state index in [0.717, 1.165) is 18.0 Å². The van der Waals surface area contributed by atoms with Gasteiger partial charge in [0.2, 0.25) is 0 Å². The summed E-state index contributed by atoms with van der Waals surface area (Å²) in [4.78, 5) is 0.529. The first-order valence-corrected chi connectivity index (χ1v) is 8.87. The molecule has 1 unspecified atom stereocenters.